The van der Waals surface area contributed by atoms with E-state index < -0.39 is 17.7 Å². The molecule has 2 aromatic heterocycles. The lowest BCUT2D eigenvalue weighted by atomic mass is 9.98. The van der Waals surface area contributed by atoms with Crippen molar-refractivity contribution >= 4 is 17.2 Å². The standard InChI is InChI=1S/C22H20F3N3O3/c1-12-15(4-3-5-16(12)22(23,24)25)10-18-13(2)26-20-19(21(29)30)27-17(11-28(18)20)14-6-8-31-9-7-14/h3-6,11H,7-10H2,1-2H3,(H,29,30). The Hall–Kier alpha value is -3.20. The lowest BCUT2D eigenvalue weighted by Gasteiger charge is -2.16. The Kier molecular flexibility index (Phi) is 5.30. The van der Waals surface area contributed by atoms with Crippen LogP contribution in [0.2, 0.25) is 0 Å². The van der Waals surface area contributed by atoms with E-state index in [0.717, 1.165) is 11.6 Å². The minimum absolute atomic E-state index is 0.143. The van der Waals surface area contributed by atoms with Gasteiger partial charge in [0.05, 0.1) is 30.2 Å². The highest BCUT2D eigenvalue weighted by Gasteiger charge is 2.33. The highest BCUT2D eigenvalue weighted by molar-refractivity contribution is 5.92. The number of aromatic carboxylic acids is 1. The number of nitrogens with zero attached hydrogens (tertiary/aromatic N) is 3. The molecule has 6 nitrogen and oxygen atoms in total. The first-order valence-corrected chi connectivity index (χ1v) is 9.71. The minimum atomic E-state index is -4.45. The van der Waals surface area contributed by atoms with E-state index in [1.807, 2.05) is 6.08 Å². The number of fused-ring (bicyclic) bond motifs is 1. The van der Waals surface area contributed by atoms with Crippen LogP contribution in [-0.2, 0) is 17.3 Å². The number of aryl methyl sites for hydroxylation is 1. The van der Waals surface area contributed by atoms with Crippen molar-refractivity contribution in [3.63, 3.8) is 0 Å². The zero-order valence-corrected chi connectivity index (χ0v) is 17.0. The van der Waals surface area contributed by atoms with Crippen LogP contribution in [0.5, 0.6) is 0 Å². The normalized spacial score (nSPS) is 14.7. The molecule has 4 rings (SSSR count). The molecule has 0 atom stereocenters. The molecule has 0 amide bonds. The predicted octanol–water partition coefficient (Wildman–Crippen LogP) is 4.46. The third-order valence-corrected chi connectivity index (χ3v) is 5.51. The molecule has 1 aliphatic rings. The quantitative estimate of drug-likeness (QED) is 0.660. The first kappa shape index (κ1) is 21.0. The number of carboxylic acid groups (broad SMARTS) is 1. The van der Waals surface area contributed by atoms with Crippen molar-refractivity contribution in [3.8, 4) is 0 Å². The average molecular weight is 431 g/mol. The molecule has 0 spiro atoms. The van der Waals surface area contributed by atoms with Gasteiger partial charge in [0.25, 0.3) is 0 Å². The molecule has 0 saturated carbocycles. The Labute approximate surface area is 176 Å². The number of hydrogen-bond donors (Lipinski definition) is 1. The Morgan fingerprint density at radius 1 is 1.26 bits per heavy atom. The maximum atomic E-state index is 13.3. The molecule has 0 fully saturated rings. The van der Waals surface area contributed by atoms with Crippen LogP contribution < -0.4 is 0 Å². The van der Waals surface area contributed by atoms with E-state index >= 15 is 0 Å². The number of hydrogen-bond acceptors (Lipinski definition) is 4. The van der Waals surface area contributed by atoms with Crippen molar-refractivity contribution in [3.05, 3.63) is 69.9 Å². The molecule has 31 heavy (non-hydrogen) atoms. The Morgan fingerprint density at radius 2 is 2.03 bits per heavy atom. The molecule has 0 bridgehead atoms. The van der Waals surface area contributed by atoms with E-state index in [1.165, 1.54) is 13.0 Å². The van der Waals surface area contributed by atoms with Gasteiger partial charge in [-0.2, -0.15) is 13.2 Å². The van der Waals surface area contributed by atoms with Crippen molar-refractivity contribution in [1.29, 1.82) is 0 Å². The number of benzene rings is 1. The maximum Gasteiger partial charge on any atom is 0.416 e. The van der Waals surface area contributed by atoms with Crippen LogP contribution >= 0.6 is 0 Å². The lowest BCUT2D eigenvalue weighted by molar-refractivity contribution is -0.138. The molecule has 1 aromatic carbocycles. The molecular formula is C22H20F3N3O3. The van der Waals surface area contributed by atoms with Gasteiger partial charge in [0.15, 0.2) is 11.3 Å². The van der Waals surface area contributed by atoms with Gasteiger partial charge in [-0.15, -0.1) is 0 Å². The first-order chi connectivity index (χ1) is 14.7. The maximum absolute atomic E-state index is 13.3. The summed E-state index contributed by atoms with van der Waals surface area (Å²) in [6, 6.07) is 4.08. The van der Waals surface area contributed by atoms with Gasteiger partial charge in [-0.25, -0.2) is 14.8 Å². The second-order valence-electron chi connectivity index (χ2n) is 7.44. The molecule has 1 aliphatic heterocycles. The van der Waals surface area contributed by atoms with Crippen molar-refractivity contribution < 1.29 is 27.8 Å². The van der Waals surface area contributed by atoms with E-state index in [1.54, 1.807) is 23.6 Å². The van der Waals surface area contributed by atoms with Gasteiger partial charge in [0.1, 0.15) is 0 Å². The monoisotopic (exact) mass is 431 g/mol. The van der Waals surface area contributed by atoms with Gasteiger partial charge in [0, 0.05) is 18.3 Å². The van der Waals surface area contributed by atoms with Crippen LogP contribution in [0.4, 0.5) is 13.2 Å². The summed E-state index contributed by atoms with van der Waals surface area (Å²) in [5.74, 6) is -1.22. The molecule has 0 aliphatic carbocycles. The highest BCUT2D eigenvalue weighted by atomic mass is 19.4. The van der Waals surface area contributed by atoms with Crippen LogP contribution in [0.1, 0.15) is 50.7 Å². The summed E-state index contributed by atoms with van der Waals surface area (Å²) < 4.78 is 46.9. The molecule has 0 unspecified atom stereocenters. The lowest BCUT2D eigenvalue weighted by Crippen LogP contribution is -2.12. The van der Waals surface area contributed by atoms with E-state index in [0.29, 0.717) is 42.3 Å². The Bertz CT molecular complexity index is 1210. The highest BCUT2D eigenvalue weighted by Crippen LogP contribution is 2.34. The Balaban J connectivity index is 1.87. The number of rotatable bonds is 4. The molecule has 3 aromatic rings. The number of carbonyl (C=O) groups is 1. The summed E-state index contributed by atoms with van der Waals surface area (Å²) in [6.07, 6.45) is -0.126. The van der Waals surface area contributed by atoms with Gasteiger partial charge in [0.2, 0.25) is 0 Å². The second kappa shape index (κ2) is 7.81. The average Bonchev–Trinajstić information content (AvgIpc) is 3.03. The van der Waals surface area contributed by atoms with Gasteiger partial charge in [-0.3, -0.25) is 4.40 Å². The third-order valence-electron chi connectivity index (χ3n) is 5.51. The van der Waals surface area contributed by atoms with Crippen LogP contribution in [0.15, 0.2) is 30.5 Å². The number of aromatic nitrogens is 3. The number of carboxylic acids is 1. The van der Waals surface area contributed by atoms with E-state index in [4.69, 9.17) is 4.74 Å². The molecular weight excluding hydrogens is 411 g/mol. The first-order valence-electron chi connectivity index (χ1n) is 9.71. The number of ether oxygens (including phenoxy) is 1. The third kappa shape index (κ3) is 3.93. The van der Waals surface area contributed by atoms with Gasteiger partial charge in [-0.05, 0) is 43.0 Å². The summed E-state index contributed by atoms with van der Waals surface area (Å²) in [4.78, 5) is 20.5. The van der Waals surface area contributed by atoms with E-state index in [9.17, 15) is 23.1 Å². The van der Waals surface area contributed by atoms with Gasteiger partial charge < -0.3 is 9.84 Å². The molecule has 9 heteroatoms. The SMILES string of the molecule is Cc1nc2c(C(=O)O)nc(C3=CCOCC3)cn2c1Cc1cccc(C(F)(F)F)c1C. The molecule has 3 heterocycles. The topological polar surface area (TPSA) is 76.7 Å². The fourth-order valence-electron chi connectivity index (χ4n) is 3.84. The van der Waals surface area contributed by atoms with Crippen LogP contribution in [0.25, 0.3) is 11.2 Å². The fourth-order valence-corrected chi connectivity index (χ4v) is 3.84. The zero-order valence-electron chi connectivity index (χ0n) is 17.0. The molecule has 0 saturated heterocycles. The summed E-state index contributed by atoms with van der Waals surface area (Å²) in [7, 11) is 0. The van der Waals surface area contributed by atoms with E-state index in [2.05, 4.69) is 9.97 Å². The number of alkyl halides is 3. The minimum Gasteiger partial charge on any atom is -0.476 e. The molecule has 1 N–H and O–H groups in total. The summed E-state index contributed by atoms with van der Waals surface area (Å²) in [5.41, 5.74) is 2.45. The second-order valence-corrected chi connectivity index (χ2v) is 7.44. The number of halogens is 3. The van der Waals surface area contributed by atoms with Crippen LogP contribution in [0, 0.1) is 13.8 Å². The summed E-state index contributed by atoms with van der Waals surface area (Å²) >= 11 is 0. The smallest absolute Gasteiger partial charge is 0.416 e. The van der Waals surface area contributed by atoms with E-state index in [-0.39, 0.29) is 23.3 Å². The fraction of sp³-hybridized carbons (Fsp3) is 0.318. The summed E-state index contributed by atoms with van der Waals surface area (Å²) in [6.45, 7) is 4.08. The molecule has 162 valence electrons. The predicted molar refractivity (Wildman–Crippen MR) is 107 cm³/mol. The van der Waals surface area contributed by atoms with Crippen LogP contribution in [-0.4, -0.2) is 38.7 Å². The Morgan fingerprint density at radius 3 is 2.68 bits per heavy atom. The van der Waals surface area contributed by atoms with Crippen molar-refractivity contribution in [2.24, 2.45) is 0 Å². The zero-order chi connectivity index (χ0) is 22.3. The number of imidazole rings is 1. The van der Waals surface area contributed by atoms with Gasteiger partial charge in [-0.1, -0.05) is 18.2 Å². The van der Waals surface area contributed by atoms with Crippen molar-refractivity contribution in [1.82, 2.24) is 14.4 Å². The van der Waals surface area contributed by atoms with Crippen molar-refractivity contribution in [2.45, 2.75) is 32.9 Å². The van der Waals surface area contributed by atoms with Crippen LogP contribution in [0.3, 0.4) is 0 Å². The molecule has 0 radical (unpaired) electrons. The summed E-state index contributed by atoms with van der Waals surface area (Å²) in [5, 5.41) is 9.68. The van der Waals surface area contributed by atoms with Gasteiger partial charge >= 0.3 is 12.1 Å². The van der Waals surface area contributed by atoms with Crippen molar-refractivity contribution in [2.75, 3.05) is 13.2 Å². The largest absolute Gasteiger partial charge is 0.476 e.